The number of hydrogen-bond donors (Lipinski definition) is 0. The molecule has 0 amide bonds. The summed E-state index contributed by atoms with van der Waals surface area (Å²) in [5, 5.41) is 0.421. The number of ether oxygens (including phenoxy) is 1. The molecule has 31 heavy (non-hydrogen) atoms. The van der Waals surface area contributed by atoms with Gasteiger partial charge in [0.25, 0.3) is 5.56 Å². The molecule has 2 aromatic carbocycles. The lowest BCUT2D eigenvalue weighted by molar-refractivity contribution is 0.0457. The van der Waals surface area contributed by atoms with E-state index >= 15 is 0 Å². The minimum absolute atomic E-state index is 0.349. The zero-order valence-corrected chi connectivity index (χ0v) is 18.5. The summed E-state index contributed by atoms with van der Waals surface area (Å²) in [6.07, 6.45) is -0.740. The number of fused-ring (bicyclic) bond motifs is 3. The number of benzene rings is 2. The van der Waals surface area contributed by atoms with Crippen LogP contribution in [-0.2, 0) is 25.4 Å². The average molecular weight is 484 g/mol. The normalized spacial score (nSPS) is 15.9. The topological polar surface area (TPSA) is 58.2 Å². The Balaban J connectivity index is 1.98. The highest BCUT2D eigenvalue weighted by molar-refractivity contribution is 9.10. The Morgan fingerprint density at radius 2 is 1.84 bits per heavy atom. The quantitative estimate of drug-likeness (QED) is 0.436. The fourth-order valence-electron chi connectivity index (χ4n) is 4.44. The summed E-state index contributed by atoms with van der Waals surface area (Å²) in [5.41, 5.74) is 2.15. The maximum absolute atomic E-state index is 14.7. The fraction of sp³-hybridized carbons (Fsp3) is 0.217. The van der Waals surface area contributed by atoms with Crippen LogP contribution in [0, 0.1) is 5.82 Å². The summed E-state index contributed by atoms with van der Waals surface area (Å²) in [4.78, 5) is 26.1. The Kier molecular flexibility index (Phi) is 4.71. The minimum Gasteiger partial charge on any atom is -0.365 e. The van der Waals surface area contributed by atoms with Gasteiger partial charge < -0.3 is 9.30 Å². The highest BCUT2D eigenvalue weighted by atomic mass is 79.9. The molecule has 0 saturated carbocycles. The maximum Gasteiger partial charge on any atom is 0.331 e. The van der Waals surface area contributed by atoms with E-state index in [0.29, 0.717) is 41.0 Å². The van der Waals surface area contributed by atoms with Gasteiger partial charge in [0, 0.05) is 36.2 Å². The molecule has 0 spiro atoms. The number of aryl methyl sites for hydroxylation is 1. The Bertz CT molecular complexity index is 1470. The molecule has 4 aromatic rings. The Morgan fingerprint density at radius 1 is 1.06 bits per heavy atom. The first-order valence-electron chi connectivity index (χ1n) is 9.84. The number of aromatic nitrogens is 3. The molecular formula is C23H19BrFN3O3. The summed E-state index contributed by atoms with van der Waals surface area (Å²) in [5.74, 6) is -0.395. The van der Waals surface area contributed by atoms with E-state index in [2.05, 4.69) is 15.9 Å². The van der Waals surface area contributed by atoms with Crippen LogP contribution in [0.5, 0.6) is 0 Å². The van der Waals surface area contributed by atoms with E-state index in [1.165, 1.54) is 17.7 Å². The molecule has 2 aromatic heterocycles. The van der Waals surface area contributed by atoms with Crippen molar-refractivity contribution in [1.29, 1.82) is 0 Å². The summed E-state index contributed by atoms with van der Waals surface area (Å²) >= 11 is 3.50. The summed E-state index contributed by atoms with van der Waals surface area (Å²) in [6.45, 7) is 0.830. The molecule has 0 aliphatic carbocycles. The molecule has 0 N–H and O–H groups in total. The van der Waals surface area contributed by atoms with Crippen molar-refractivity contribution in [2.75, 3.05) is 6.61 Å². The number of rotatable bonds is 2. The van der Waals surface area contributed by atoms with Gasteiger partial charge in [-0.25, -0.2) is 9.18 Å². The minimum atomic E-state index is -0.740. The molecule has 1 aliphatic heterocycles. The third kappa shape index (κ3) is 2.93. The number of halogens is 2. The predicted molar refractivity (Wildman–Crippen MR) is 120 cm³/mol. The molecule has 158 valence electrons. The number of hydrogen-bond acceptors (Lipinski definition) is 3. The Morgan fingerprint density at radius 3 is 2.58 bits per heavy atom. The summed E-state index contributed by atoms with van der Waals surface area (Å²) in [7, 11) is 3.10. The van der Waals surface area contributed by atoms with Gasteiger partial charge in [-0.1, -0.05) is 46.3 Å². The van der Waals surface area contributed by atoms with E-state index in [0.717, 1.165) is 14.6 Å². The lowest BCUT2D eigenvalue weighted by Crippen LogP contribution is -2.37. The van der Waals surface area contributed by atoms with Gasteiger partial charge in [0.2, 0.25) is 0 Å². The van der Waals surface area contributed by atoms with Crippen molar-refractivity contribution in [2.24, 2.45) is 14.1 Å². The van der Waals surface area contributed by atoms with Crippen molar-refractivity contribution in [1.82, 2.24) is 13.7 Å². The van der Waals surface area contributed by atoms with Crippen LogP contribution in [0.4, 0.5) is 4.39 Å². The molecular weight excluding hydrogens is 465 g/mol. The Labute approximate surface area is 185 Å². The third-order valence-corrected chi connectivity index (χ3v) is 6.33. The van der Waals surface area contributed by atoms with Gasteiger partial charge in [0.05, 0.1) is 28.9 Å². The van der Waals surface area contributed by atoms with Crippen LogP contribution in [0.2, 0.25) is 0 Å². The van der Waals surface area contributed by atoms with Gasteiger partial charge >= 0.3 is 5.69 Å². The monoisotopic (exact) mass is 483 g/mol. The van der Waals surface area contributed by atoms with E-state index in [9.17, 15) is 14.0 Å². The second-order valence-corrected chi connectivity index (χ2v) is 8.51. The van der Waals surface area contributed by atoms with Crippen LogP contribution in [0.3, 0.4) is 0 Å². The lowest BCUT2D eigenvalue weighted by Gasteiger charge is -2.28. The van der Waals surface area contributed by atoms with Crippen molar-refractivity contribution < 1.29 is 9.13 Å². The second-order valence-electron chi connectivity index (χ2n) is 7.60. The largest absolute Gasteiger partial charge is 0.365 e. The first kappa shape index (κ1) is 20.0. The highest BCUT2D eigenvalue weighted by Crippen LogP contribution is 2.41. The predicted octanol–water partition coefficient (Wildman–Crippen LogP) is 3.73. The van der Waals surface area contributed by atoms with Crippen LogP contribution >= 0.6 is 15.9 Å². The first-order valence-corrected chi connectivity index (χ1v) is 10.6. The van der Waals surface area contributed by atoms with Crippen LogP contribution < -0.4 is 11.2 Å². The maximum atomic E-state index is 14.7. The first-order chi connectivity index (χ1) is 14.9. The van der Waals surface area contributed by atoms with Crippen molar-refractivity contribution in [3.63, 3.8) is 0 Å². The molecule has 8 heteroatoms. The lowest BCUT2D eigenvalue weighted by atomic mass is 10.0. The SMILES string of the molecule is Cn1c(=O)c2c(-c3cccc(Br)c3)n3c(c2n(C)c1=O)[C@H](c1ccccc1F)OCC3. The fourth-order valence-corrected chi connectivity index (χ4v) is 4.84. The third-order valence-electron chi connectivity index (χ3n) is 5.84. The number of nitrogens with zero attached hydrogens (tertiary/aromatic N) is 3. The van der Waals surface area contributed by atoms with Gasteiger partial charge in [-0.3, -0.25) is 13.9 Å². The molecule has 0 unspecified atom stereocenters. The zero-order valence-electron chi connectivity index (χ0n) is 16.9. The second kappa shape index (κ2) is 7.32. The summed E-state index contributed by atoms with van der Waals surface area (Å²) in [6, 6.07) is 14.1. The summed E-state index contributed by atoms with van der Waals surface area (Å²) < 4.78 is 26.2. The molecule has 1 aliphatic rings. The molecule has 0 radical (unpaired) electrons. The molecule has 6 nitrogen and oxygen atoms in total. The van der Waals surface area contributed by atoms with Gasteiger partial charge in [0.15, 0.2) is 0 Å². The van der Waals surface area contributed by atoms with Crippen LogP contribution in [0.25, 0.3) is 22.2 Å². The molecule has 0 fully saturated rings. The highest BCUT2D eigenvalue weighted by Gasteiger charge is 2.34. The van der Waals surface area contributed by atoms with Crippen molar-refractivity contribution in [3.05, 3.63) is 90.9 Å². The van der Waals surface area contributed by atoms with Gasteiger partial charge in [-0.2, -0.15) is 0 Å². The van der Waals surface area contributed by atoms with E-state index in [1.54, 1.807) is 25.2 Å². The van der Waals surface area contributed by atoms with Crippen LogP contribution in [0.15, 0.2) is 62.6 Å². The van der Waals surface area contributed by atoms with Gasteiger partial charge in [-0.15, -0.1) is 0 Å². The van der Waals surface area contributed by atoms with E-state index in [1.807, 2.05) is 28.8 Å². The molecule has 0 saturated heterocycles. The molecule has 3 heterocycles. The zero-order chi connectivity index (χ0) is 21.9. The average Bonchev–Trinajstić information content (AvgIpc) is 3.12. The Hall–Kier alpha value is -2.97. The van der Waals surface area contributed by atoms with Crippen molar-refractivity contribution in [3.8, 4) is 11.3 Å². The standard InChI is InChI=1S/C23H19BrFN3O3/c1-26-19-17(22(29)27(2)23(26)30)18(13-6-5-7-14(24)12-13)28-10-11-31-21(20(19)28)15-8-3-4-9-16(15)25/h3-9,12,21H,10-11H2,1-2H3/t21-/m0/s1. The molecule has 5 rings (SSSR count). The van der Waals surface area contributed by atoms with Crippen LogP contribution in [-0.4, -0.2) is 20.3 Å². The molecule has 1 atom stereocenters. The van der Waals surface area contributed by atoms with Crippen molar-refractivity contribution >= 4 is 26.8 Å². The van der Waals surface area contributed by atoms with E-state index < -0.39 is 17.6 Å². The smallest absolute Gasteiger partial charge is 0.331 e. The van der Waals surface area contributed by atoms with Gasteiger partial charge in [0.1, 0.15) is 11.9 Å². The van der Waals surface area contributed by atoms with Crippen molar-refractivity contribution in [2.45, 2.75) is 12.6 Å². The molecule has 0 bridgehead atoms. The van der Waals surface area contributed by atoms with E-state index in [4.69, 9.17) is 4.74 Å². The van der Waals surface area contributed by atoms with E-state index in [-0.39, 0.29) is 5.56 Å². The van der Waals surface area contributed by atoms with Gasteiger partial charge in [-0.05, 0) is 18.2 Å². The van der Waals surface area contributed by atoms with Crippen LogP contribution in [0.1, 0.15) is 17.4 Å².